The molecule has 2 saturated heterocycles. The minimum Gasteiger partial charge on any atom is -0.356 e. The molecular formula is C21H27N5O. The normalized spacial score (nSPS) is 22.4. The number of aromatic nitrogens is 3. The molecule has 0 spiro atoms. The van der Waals surface area contributed by atoms with E-state index < -0.39 is 0 Å². The van der Waals surface area contributed by atoms with Gasteiger partial charge in [0.25, 0.3) is 0 Å². The van der Waals surface area contributed by atoms with E-state index in [1.54, 1.807) is 0 Å². The zero-order valence-corrected chi connectivity index (χ0v) is 16.1. The van der Waals surface area contributed by atoms with Gasteiger partial charge in [-0.2, -0.15) is 5.10 Å². The molecule has 0 N–H and O–H groups in total. The van der Waals surface area contributed by atoms with Gasteiger partial charge in [-0.1, -0.05) is 13.5 Å². The van der Waals surface area contributed by atoms with E-state index >= 15 is 0 Å². The molecule has 2 fully saturated rings. The lowest BCUT2D eigenvalue weighted by atomic mass is 9.93. The van der Waals surface area contributed by atoms with Crippen LogP contribution in [0.2, 0.25) is 0 Å². The highest BCUT2D eigenvalue weighted by molar-refractivity contribution is 5.87. The third-order valence-corrected chi connectivity index (χ3v) is 5.77. The second-order valence-electron chi connectivity index (χ2n) is 7.82. The standard InChI is InChI=1S/C21H27N5O/c1-4-21(27)26-10-6-16(14-26)18-12-22-20(25-9-5-15(2)13-25)11-17(18)19-7-8-24(3)23-19/h4,7-8,11-12,15-16H,1,5-6,9-10,13-14H2,2-3H3. The summed E-state index contributed by atoms with van der Waals surface area (Å²) in [6.07, 6.45) is 7.54. The fourth-order valence-corrected chi connectivity index (χ4v) is 4.22. The quantitative estimate of drug-likeness (QED) is 0.782. The maximum absolute atomic E-state index is 12.0. The molecule has 1 amide bonds. The molecule has 2 atom stereocenters. The van der Waals surface area contributed by atoms with E-state index in [9.17, 15) is 4.79 Å². The minimum absolute atomic E-state index is 0.00696. The van der Waals surface area contributed by atoms with Gasteiger partial charge >= 0.3 is 0 Å². The van der Waals surface area contributed by atoms with Crippen molar-refractivity contribution in [2.24, 2.45) is 13.0 Å². The Morgan fingerprint density at radius 2 is 2.15 bits per heavy atom. The maximum atomic E-state index is 12.0. The van der Waals surface area contributed by atoms with Gasteiger partial charge in [0.15, 0.2) is 0 Å². The molecular weight excluding hydrogens is 338 g/mol. The molecule has 2 aliphatic rings. The van der Waals surface area contributed by atoms with Gasteiger partial charge in [0.1, 0.15) is 5.82 Å². The molecule has 0 bridgehead atoms. The number of pyridine rings is 1. The lowest BCUT2D eigenvalue weighted by Gasteiger charge is -2.21. The fourth-order valence-electron chi connectivity index (χ4n) is 4.22. The lowest BCUT2D eigenvalue weighted by molar-refractivity contribution is -0.125. The van der Waals surface area contributed by atoms with Crippen LogP contribution in [0.3, 0.4) is 0 Å². The van der Waals surface area contributed by atoms with Crippen molar-refractivity contribution in [2.75, 3.05) is 31.1 Å². The zero-order valence-electron chi connectivity index (χ0n) is 16.1. The summed E-state index contributed by atoms with van der Waals surface area (Å²) in [7, 11) is 1.94. The van der Waals surface area contributed by atoms with Crippen LogP contribution in [0.5, 0.6) is 0 Å². The Bertz CT molecular complexity index is 858. The van der Waals surface area contributed by atoms with Gasteiger partial charge in [-0.3, -0.25) is 9.48 Å². The number of anilines is 1. The SMILES string of the molecule is C=CC(=O)N1CCC(c2cnc(N3CCC(C)C3)cc2-c2ccn(C)n2)C1. The second-order valence-corrected chi connectivity index (χ2v) is 7.82. The van der Waals surface area contributed by atoms with Crippen LogP contribution in [0, 0.1) is 5.92 Å². The molecule has 2 unspecified atom stereocenters. The van der Waals surface area contributed by atoms with Crippen molar-refractivity contribution in [2.45, 2.75) is 25.7 Å². The van der Waals surface area contributed by atoms with E-state index in [2.05, 4.69) is 35.6 Å². The number of hydrogen-bond acceptors (Lipinski definition) is 4. The van der Waals surface area contributed by atoms with Gasteiger partial charge < -0.3 is 9.80 Å². The average molecular weight is 365 g/mol. The highest BCUT2D eigenvalue weighted by atomic mass is 16.2. The summed E-state index contributed by atoms with van der Waals surface area (Å²) in [4.78, 5) is 21.0. The van der Waals surface area contributed by atoms with Crippen molar-refractivity contribution in [3.05, 3.63) is 42.7 Å². The Morgan fingerprint density at radius 1 is 1.30 bits per heavy atom. The molecule has 2 aromatic rings. The van der Waals surface area contributed by atoms with Crippen molar-refractivity contribution >= 4 is 11.7 Å². The van der Waals surface area contributed by atoms with Crippen LogP contribution in [0.15, 0.2) is 37.2 Å². The molecule has 2 aliphatic heterocycles. The summed E-state index contributed by atoms with van der Waals surface area (Å²) in [6.45, 7) is 9.49. The number of nitrogens with zero attached hydrogens (tertiary/aromatic N) is 5. The van der Waals surface area contributed by atoms with E-state index in [0.29, 0.717) is 12.5 Å². The molecule has 0 aromatic carbocycles. The molecule has 142 valence electrons. The van der Waals surface area contributed by atoms with Crippen LogP contribution in [0.1, 0.15) is 31.2 Å². The molecule has 4 heterocycles. The number of rotatable bonds is 4. The summed E-state index contributed by atoms with van der Waals surface area (Å²) >= 11 is 0. The van der Waals surface area contributed by atoms with Crippen molar-refractivity contribution < 1.29 is 4.79 Å². The molecule has 0 saturated carbocycles. The first kappa shape index (κ1) is 17.8. The van der Waals surface area contributed by atoms with Crippen molar-refractivity contribution in [3.8, 4) is 11.3 Å². The van der Waals surface area contributed by atoms with E-state index in [1.807, 2.05) is 29.0 Å². The molecule has 27 heavy (non-hydrogen) atoms. The summed E-state index contributed by atoms with van der Waals surface area (Å²) in [5.74, 6) is 2.02. The monoisotopic (exact) mass is 365 g/mol. The summed E-state index contributed by atoms with van der Waals surface area (Å²) in [6, 6.07) is 4.24. The number of amides is 1. The maximum Gasteiger partial charge on any atom is 0.245 e. The third-order valence-electron chi connectivity index (χ3n) is 5.77. The minimum atomic E-state index is 0.00696. The Balaban J connectivity index is 1.68. The van der Waals surface area contributed by atoms with Gasteiger partial charge in [0, 0.05) is 57.1 Å². The third kappa shape index (κ3) is 3.48. The Kier molecular flexibility index (Phi) is 4.72. The zero-order chi connectivity index (χ0) is 19.0. The number of carbonyl (C=O) groups excluding carboxylic acids is 1. The number of hydrogen-bond donors (Lipinski definition) is 0. The van der Waals surface area contributed by atoms with E-state index in [1.165, 1.54) is 18.1 Å². The number of carbonyl (C=O) groups is 1. The van der Waals surface area contributed by atoms with Crippen molar-refractivity contribution in [3.63, 3.8) is 0 Å². The van der Waals surface area contributed by atoms with Crippen LogP contribution in [-0.2, 0) is 11.8 Å². The van der Waals surface area contributed by atoms with Crippen LogP contribution < -0.4 is 4.90 Å². The Labute approximate surface area is 160 Å². The van der Waals surface area contributed by atoms with E-state index in [0.717, 1.165) is 43.1 Å². The molecule has 2 aromatic heterocycles. The van der Waals surface area contributed by atoms with Gasteiger partial charge in [0.2, 0.25) is 5.91 Å². The number of likely N-dealkylation sites (tertiary alicyclic amines) is 1. The Hall–Kier alpha value is -2.63. The van der Waals surface area contributed by atoms with Crippen molar-refractivity contribution in [1.29, 1.82) is 0 Å². The highest BCUT2D eigenvalue weighted by Gasteiger charge is 2.29. The first-order valence-corrected chi connectivity index (χ1v) is 9.71. The van der Waals surface area contributed by atoms with Crippen LogP contribution in [0.25, 0.3) is 11.3 Å². The smallest absolute Gasteiger partial charge is 0.245 e. The predicted octanol–water partition coefficient (Wildman–Crippen LogP) is 2.83. The van der Waals surface area contributed by atoms with Crippen molar-refractivity contribution in [1.82, 2.24) is 19.7 Å². The topological polar surface area (TPSA) is 54.3 Å². The largest absolute Gasteiger partial charge is 0.356 e. The summed E-state index contributed by atoms with van der Waals surface area (Å²) in [5, 5.41) is 4.64. The first-order valence-electron chi connectivity index (χ1n) is 9.71. The molecule has 0 radical (unpaired) electrons. The molecule has 6 heteroatoms. The Morgan fingerprint density at radius 3 is 2.81 bits per heavy atom. The van der Waals surface area contributed by atoms with E-state index in [-0.39, 0.29) is 11.8 Å². The molecule has 6 nitrogen and oxygen atoms in total. The van der Waals surface area contributed by atoms with Gasteiger partial charge in [-0.05, 0) is 42.5 Å². The number of aryl methyl sites for hydroxylation is 1. The van der Waals surface area contributed by atoms with Gasteiger partial charge in [0.05, 0.1) is 5.69 Å². The van der Waals surface area contributed by atoms with Crippen LogP contribution in [-0.4, -0.2) is 51.8 Å². The van der Waals surface area contributed by atoms with Gasteiger partial charge in [-0.15, -0.1) is 0 Å². The molecule has 0 aliphatic carbocycles. The summed E-state index contributed by atoms with van der Waals surface area (Å²) < 4.78 is 1.83. The van der Waals surface area contributed by atoms with Gasteiger partial charge in [-0.25, -0.2) is 4.98 Å². The predicted molar refractivity (Wildman–Crippen MR) is 107 cm³/mol. The van der Waals surface area contributed by atoms with Crippen LogP contribution in [0.4, 0.5) is 5.82 Å². The summed E-state index contributed by atoms with van der Waals surface area (Å²) in [5.41, 5.74) is 3.29. The first-order chi connectivity index (χ1) is 13.0. The van der Waals surface area contributed by atoms with Crippen LogP contribution >= 0.6 is 0 Å². The fraction of sp³-hybridized carbons (Fsp3) is 0.476. The highest BCUT2D eigenvalue weighted by Crippen LogP contribution is 2.36. The molecule has 4 rings (SSSR count). The second kappa shape index (κ2) is 7.18. The van der Waals surface area contributed by atoms with E-state index in [4.69, 9.17) is 4.98 Å². The lowest BCUT2D eigenvalue weighted by Crippen LogP contribution is -2.26. The average Bonchev–Trinajstić information content (AvgIpc) is 3.41.